The maximum Gasteiger partial charge on any atom is -0.0575 e. The predicted octanol–water partition coefficient (Wildman–Crippen LogP) is 6.40. The Kier molecular flexibility index (Phi) is 29.7. The average molecular weight is 327 g/mol. The van der Waals surface area contributed by atoms with Crippen LogP contribution in [-0.4, -0.2) is 21.8 Å². The molecule has 0 aliphatic carbocycles. The van der Waals surface area contributed by atoms with E-state index in [-0.39, 0.29) is 6.61 Å². The largest absolute Gasteiger partial charge is 0.854 e. The summed E-state index contributed by atoms with van der Waals surface area (Å²) in [5.41, 5.74) is 0. The minimum absolute atomic E-state index is 0.0938. The van der Waals surface area contributed by atoms with E-state index in [1.165, 1.54) is 77.0 Å². The summed E-state index contributed by atoms with van der Waals surface area (Å²) < 4.78 is 0. The van der Waals surface area contributed by atoms with E-state index in [4.69, 9.17) is 0 Å². The van der Waals surface area contributed by atoms with E-state index in [0.29, 0.717) is 0 Å². The van der Waals surface area contributed by atoms with Crippen LogP contribution < -0.4 is 5.11 Å². The van der Waals surface area contributed by atoms with Crippen molar-refractivity contribution in [2.24, 2.45) is 0 Å². The third-order valence-electron chi connectivity index (χ3n) is 4.02. The molecule has 0 bridgehead atoms. The van der Waals surface area contributed by atoms with Gasteiger partial charge >= 0.3 is 117 Å². The third kappa shape index (κ3) is 28.6. The molecule has 0 heterocycles. The molecular weight excluding hydrogens is 283 g/mol. The SMILES string of the molecule is CCCCCCC[CH2][Al+][CH2]CCCCCCC.CCCC[O-]. The van der Waals surface area contributed by atoms with Crippen LogP contribution in [0, 0.1) is 0 Å². The van der Waals surface area contributed by atoms with Crippen molar-refractivity contribution in [3.05, 3.63) is 0 Å². The van der Waals surface area contributed by atoms with Crippen molar-refractivity contribution >= 4 is 15.2 Å². The van der Waals surface area contributed by atoms with Gasteiger partial charge in [0.2, 0.25) is 0 Å². The van der Waals surface area contributed by atoms with Gasteiger partial charge in [0.1, 0.15) is 0 Å². The minimum atomic E-state index is 0.0938. The van der Waals surface area contributed by atoms with Crippen LogP contribution in [-0.2, 0) is 0 Å². The van der Waals surface area contributed by atoms with Crippen molar-refractivity contribution < 1.29 is 5.11 Å². The molecule has 0 aromatic heterocycles. The molecule has 0 unspecified atom stereocenters. The first-order valence-corrected chi connectivity index (χ1v) is 11.9. The zero-order valence-electron chi connectivity index (χ0n) is 16.0. The van der Waals surface area contributed by atoms with E-state index in [9.17, 15) is 5.11 Å². The first-order chi connectivity index (χ1) is 10.8. The second kappa shape index (κ2) is 26.4. The van der Waals surface area contributed by atoms with Crippen molar-refractivity contribution in [1.29, 1.82) is 0 Å². The smallest absolute Gasteiger partial charge is 0.0575 e. The fourth-order valence-corrected chi connectivity index (χ4v) is 3.87. The van der Waals surface area contributed by atoms with Gasteiger partial charge in [0.05, 0.1) is 0 Å². The van der Waals surface area contributed by atoms with Gasteiger partial charge in [0.15, 0.2) is 0 Å². The molecule has 2 heteroatoms. The van der Waals surface area contributed by atoms with Crippen LogP contribution in [0.25, 0.3) is 0 Å². The standard InChI is InChI=1S/2C8H17.C4H9O.Al/c2*1-3-5-7-8-6-4-2;1-2-3-4-5;/h2*1,3-8H2,2H3;2-4H2,1H3;/q;;-1;+1. The molecule has 0 aliphatic heterocycles. The Hall–Kier alpha value is 0.492. The second-order valence-corrected chi connectivity index (χ2v) is 8.19. The summed E-state index contributed by atoms with van der Waals surface area (Å²) in [6.07, 6.45) is 19.5. The molecule has 1 nitrogen and oxygen atoms in total. The zero-order chi connectivity index (χ0) is 16.7. The minimum Gasteiger partial charge on any atom is -0.854 e. The predicted molar refractivity (Wildman–Crippen MR) is 102 cm³/mol. The van der Waals surface area contributed by atoms with Crippen LogP contribution in [0.2, 0.25) is 10.6 Å². The monoisotopic (exact) mass is 326 g/mol. The van der Waals surface area contributed by atoms with Gasteiger partial charge in [0.25, 0.3) is 0 Å². The topological polar surface area (TPSA) is 23.1 Å². The summed E-state index contributed by atoms with van der Waals surface area (Å²) >= 11 is 0.794. The Morgan fingerprint density at radius 2 is 0.864 bits per heavy atom. The Bertz CT molecular complexity index is 146. The third-order valence-corrected chi connectivity index (χ3v) is 5.65. The Balaban J connectivity index is 0. The molecule has 0 rings (SSSR count). The summed E-state index contributed by atoms with van der Waals surface area (Å²) in [4.78, 5) is 0. The molecule has 0 saturated heterocycles. The van der Waals surface area contributed by atoms with Crippen LogP contribution in [0.3, 0.4) is 0 Å². The maximum absolute atomic E-state index is 9.53. The van der Waals surface area contributed by atoms with Gasteiger partial charge in [-0.2, -0.15) is 0 Å². The second-order valence-electron chi connectivity index (χ2n) is 6.46. The fraction of sp³-hybridized carbons (Fsp3) is 1.00. The van der Waals surface area contributed by atoms with Gasteiger partial charge in [-0.15, -0.1) is 6.61 Å². The summed E-state index contributed by atoms with van der Waals surface area (Å²) in [6, 6.07) is 0. The van der Waals surface area contributed by atoms with Gasteiger partial charge in [-0.1, -0.05) is 19.8 Å². The first-order valence-electron chi connectivity index (χ1n) is 10.2. The Morgan fingerprint density at radius 1 is 0.500 bits per heavy atom. The van der Waals surface area contributed by atoms with Crippen molar-refractivity contribution in [3.8, 4) is 0 Å². The van der Waals surface area contributed by atoms with E-state index in [1.54, 1.807) is 10.6 Å². The molecule has 0 saturated carbocycles. The van der Waals surface area contributed by atoms with Crippen LogP contribution in [0.15, 0.2) is 0 Å². The van der Waals surface area contributed by atoms with E-state index < -0.39 is 0 Å². The van der Waals surface area contributed by atoms with Crippen LogP contribution in [0.1, 0.15) is 111 Å². The molecule has 0 fully saturated rings. The molecule has 132 valence electrons. The van der Waals surface area contributed by atoms with Crippen molar-refractivity contribution in [1.82, 2.24) is 0 Å². The van der Waals surface area contributed by atoms with Crippen LogP contribution >= 0.6 is 0 Å². The van der Waals surface area contributed by atoms with Gasteiger partial charge in [-0.05, 0) is 0 Å². The molecule has 0 aliphatic rings. The molecule has 0 atom stereocenters. The van der Waals surface area contributed by atoms with Crippen molar-refractivity contribution in [2.45, 2.75) is 121 Å². The Morgan fingerprint density at radius 3 is 1.18 bits per heavy atom. The van der Waals surface area contributed by atoms with Crippen molar-refractivity contribution in [3.63, 3.8) is 0 Å². The molecule has 0 aromatic carbocycles. The summed E-state index contributed by atoms with van der Waals surface area (Å²) in [6.45, 7) is 6.70. The number of unbranched alkanes of at least 4 members (excludes halogenated alkanes) is 11. The van der Waals surface area contributed by atoms with Gasteiger partial charge in [-0.3, -0.25) is 0 Å². The molecule has 0 radical (unpaired) electrons. The van der Waals surface area contributed by atoms with E-state index in [2.05, 4.69) is 13.8 Å². The normalized spacial score (nSPS) is 10.0. The number of hydrogen-bond acceptors (Lipinski definition) is 1. The van der Waals surface area contributed by atoms with Gasteiger partial charge < -0.3 is 5.11 Å². The summed E-state index contributed by atoms with van der Waals surface area (Å²) in [5, 5.41) is 12.7. The molecule has 22 heavy (non-hydrogen) atoms. The number of rotatable bonds is 16. The van der Waals surface area contributed by atoms with Gasteiger partial charge in [0, 0.05) is 0 Å². The van der Waals surface area contributed by atoms with E-state index in [0.717, 1.165) is 28.1 Å². The van der Waals surface area contributed by atoms with E-state index in [1.807, 2.05) is 6.92 Å². The molecule has 0 aromatic rings. The number of hydrogen-bond donors (Lipinski definition) is 0. The zero-order valence-corrected chi connectivity index (χ0v) is 17.2. The summed E-state index contributed by atoms with van der Waals surface area (Å²) in [5.74, 6) is 0. The first kappa shape index (κ1) is 24.7. The molecule has 0 amide bonds. The fourth-order valence-electron chi connectivity index (χ4n) is 2.43. The quantitative estimate of drug-likeness (QED) is 0.238. The molecular formula is C20H43AlO. The average Bonchev–Trinajstić information content (AvgIpc) is 2.53. The van der Waals surface area contributed by atoms with Gasteiger partial charge in [-0.25, -0.2) is 0 Å². The van der Waals surface area contributed by atoms with Crippen LogP contribution in [0.4, 0.5) is 0 Å². The van der Waals surface area contributed by atoms with Crippen molar-refractivity contribution in [2.75, 3.05) is 6.61 Å². The maximum atomic E-state index is 9.53. The molecule has 0 N–H and O–H groups in total. The Labute approximate surface area is 148 Å². The summed E-state index contributed by atoms with van der Waals surface area (Å²) in [7, 11) is 0. The van der Waals surface area contributed by atoms with E-state index >= 15 is 0 Å². The van der Waals surface area contributed by atoms with Crippen LogP contribution in [0.5, 0.6) is 0 Å². The molecule has 0 spiro atoms.